The first-order valence-electron chi connectivity index (χ1n) is 12.7. The van der Waals surface area contributed by atoms with Gasteiger partial charge >= 0.3 is 23.9 Å². The molecule has 0 aromatic carbocycles. The summed E-state index contributed by atoms with van der Waals surface area (Å²) in [5.41, 5.74) is -2.98. The molecule has 2 heterocycles. The average molecular weight is 561 g/mol. The minimum atomic E-state index is -1.98. The Kier molecular flexibility index (Phi) is 11.4. The molecule has 8 atom stereocenters. The number of nitrogens with one attached hydrogen (secondary N) is 1. The minimum absolute atomic E-state index is 0.320. The largest absolute Gasteiger partial charge is 0.458 e. The van der Waals surface area contributed by atoms with Crippen LogP contribution in [0.2, 0.25) is 0 Å². The third kappa shape index (κ3) is 7.60. The van der Waals surface area contributed by atoms with E-state index in [0.29, 0.717) is 12.3 Å². The van der Waals surface area contributed by atoms with Crippen LogP contribution >= 0.6 is 11.8 Å². The third-order valence-corrected chi connectivity index (χ3v) is 7.48. The number of likely N-dealkylation sites (tertiary alicyclic amines) is 1. The summed E-state index contributed by atoms with van der Waals surface area (Å²) in [5.74, 6) is -3.01. The summed E-state index contributed by atoms with van der Waals surface area (Å²) in [6.45, 7) is 8.94. The fourth-order valence-electron chi connectivity index (χ4n) is 5.22. The quantitative estimate of drug-likeness (QED) is 0.304. The average Bonchev–Trinajstić information content (AvgIpc) is 3.16. The van der Waals surface area contributed by atoms with E-state index in [4.69, 9.17) is 23.7 Å². The minimum Gasteiger partial charge on any atom is -0.458 e. The number of likely N-dealkylation sites (N-methyl/N-ethyl adjacent to an activating group) is 1. The maximum Gasteiger partial charge on any atom is 0.303 e. The molecule has 0 unspecified atom stereocenters. The molecule has 0 saturated carbocycles. The van der Waals surface area contributed by atoms with Crippen LogP contribution in [0.3, 0.4) is 0 Å². The Labute approximate surface area is 227 Å². The van der Waals surface area contributed by atoms with E-state index in [-0.39, 0.29) is 0 Å². The second-order valence-electron chi connectivity index (χ2n) is 9.78. The molecule has 2 fully saturated rings. The van der Waals surface area contributed by atoms with E-state index in [1.54, 1.807) is 6.26 Å². The number of esters is 4. The molecule has 0 aliphatic carbocycles. The molecule has 13 heteroatoms. The molecule has 0 bridgehead atoms. The Balaban J connectivity index is 2.64. The van der Waals surface area contributed by atoms with Crippen LogP contribution in [0, 0.1) is 5.92 Å². The zero-order valence-electron chi connectivity index (χ0n) is 23.3. The lowest BCUT2D eigenvalue weighted by Crippen LogP contribution is -2.77. The van der Waals surface area contributed by atoms with E-state index in [1.165, 1.54) is 20.8 Å². The van der Waals surface area contributed by atoms with Crippen molar-refractivity contribution in [3.05, 3.63) is 0 Å². The molecule has 2 saturated heterocycles. The van der Waals surface area contributed by atoms with Crippen LogP contribution in [0.4, 0.5) is 0 Å². The second-order valence-corrected chi connectivity index (χ2v) is 10.7. The Morgan fingerprint density at radius 3 is 2.08 bits per heavy atom. The summed E-state index contributed by atoms with van der Waals surface area (Å²) in [4.78, 5) is 64.2. The molecular formula is C25H40N2O10S. The fraction of sp³-hybridized carbons (Fsp3) is 0.800. The topological polar surface area (TPSA) is 147 Å². The zero-order valence-corrected chi connectivity index (χ0v) is 24.1. The van der Waals surface area contributed by atoms with Crippen molar-refractivity contribution in [3.63, 3.8) is 0 Å². The van der Waals surface area contributed by atoms with Gasteiger partial charge < -0.3 is 29.0 Å². The summed E-state index contributed by atoms with van der Waals surface area (Å²) in [6.07, 6.45) is -1.13. The van der Waals surface area contributed by atoms with E-state index in [0.717, 1.165) is 45.0 Å². The Morgan fingerprint density at radius 1 is 1.00 bits per heavy atom. The summed E-state index contributed by atoms with van der Waals surface area (Å²) < 4.78 is 28.5. The molecule has 2 aliphatic rings. The molecule has 2 aliphatic heterocycles. The first kappa shape index (κ1) is 31.8. The molecule has 12 nitrogen and oxygen atoms in total. The molecule has 2 rings (SSSR count). The lowest BCUT2D eigenvalue weighted by molar-refractivity contribution is -0.293. The zero-order chi connectivity index (χ0) is 28.8. The summed E-state index contributed by atoms with van der Waals surface area (Å²) in [5, 5.41) is 2.87. The van der Waals surface area contributed by atoms with Crippen LogP contribution in [0.15, 0.2) is 0 Å². The van der Waals surface area contributed by atoms with Crippen molar-refractivity contribution in [2.75, 3.05) is 19.8 Å². The lowest BCUT2D eigenvalue weighted by Gasteiger charge is -2.52. The number of amides is 1. The number of rotatable bonds is 10. The molecule has 1 N–H and O–H groups in total. The molecule has 0 aromatic rings. The van der Waals surface area contributed by atoms with Gasteiger partial charge in [0.25, 0.3) is 0 Å². The molecule has 216 valence electrons. The van der Waals surface area contributed by atoms with Crippen molar-refractivity contribution in [1.82, 2.24) is 10.2 Å². The van der Waals surface area contributed by atoms with E-state index < -0.39 is 71.4 Å². The highest BCUT2D eigenvalue weighted by molar-refractivity contribution is 7.99. The first-order valence-corrected chi connectivity index (χ1v) is 14.0. The van der Waals surface area contributed by atoms with Gasteiger partial charge in [-0.15, -0.1) is 11.8 Å². The number of ether oxygens (including phenoxy) is 5. The first-order chi connectivity index (χ1) is 17.7. The van der Waals surface area contributed by atoms with Crippen molar-refractivity contribution in [3.8, 4) is 0 Å². The standard InChI is InChI=1S/C25H40N2O10S/c1-9-10-18-11-19(27(7)12-18)23(32)26-25(13(2)33-14(3)28)22(36-17(6)31)20(34-15(4)29)21(35-16(5)30)24(37-25)38-8/h13,18-22,24H,9-12H2,1-8H3,(H,26,32)/t13-,18-,19+,20-,21+,22-,24+,25+/m1/s1. The van der Waals surface area contributed by atoms with Crippen LogP contribution in [-0.4, -0.2) is 96.2 Å². The monoisotopic (exact) mass is 560 g/mol. The maximum absolute atomic E-state index is 13.8. The van der Waals surface area contributed by atoms with Crippen molar-refractivity contribution >= 4 is 41.5 Å². The predicted octanol–water partition coefficient (Wildman–Crippen LogP) is 1.39. The second kappa shape index (κ2) is 13.6. The van der Waals surface area contributed by atoms with Gasteiger partial charge in [-0.25, -0.2) is 0 Å². The van der Waals surface area contributed by atoms with Gasteiger partial charge in [0, 0.05) is 34.2 Å². The number of thioether (sulfide) groups is 1. The van der Waals surface area contributed by atoms with E-state index in [1.807, 2.05) is 11.9 Å². The number of hydrogen-bond donors (Lipinski definition) is 1. The highest BCUT2D eigenvalue weighted by atomic mass is 32.2. The van der Waals surface area contributed by atoms with Gasteiger partial charge in [0.2, 0.25) is 11.6 Å². The van der Waals surface area contributed by atoms with Crippen LogP contribution in [0.5, 0.6) is 0 Å². The number of carbonyl (C=O) groups is 5. The summed E-state index contributed by atoms with van der Waals surface area (Å²) >= 11 is 1.12. The Morgan fingerprint density at radius 2 is 1.58 bits per heavy atom. The van der Waals surface area contributed by atoms with Gasteiger partial charge in [-0.2, -0.15) is 0 Å². The molecule has 0 radical (unpaired) electrons. The van der Waals surface area contributed by atoms with Gasteiger partial charge in [-0.1, -0.05) is 13.3 Å². The molecular weight excluding hydrogens is 520 g/mol. The fourth-order valence-corrected chi connectivity index (χ4v) is 5.95. The Bertz CT molecular complexity index is 901. The highest BCUT2D eigenvalue weighted by Gasteiger charge is 2.64. The van der Waals surface area contributed by atoms with Crippen LogP contribution < -0.4 is 5.32 Å². The van der Waals surface area contributed by atoms with Crippen molar-refractivity contribution in [1.29, 1.82) is 0 Å². The van der Waals surface area contributed by atoms with Crippen molar-refractivity contribution < 1.29 is 47.7 Å². The van der Waals surface area contributed by atoms with Gasteiger partial charge in [-0.3, -0.25) is 28.9 Å². The van der Waals surface area contributed by atoms with Crippen LogP contribution in [0.25, 0.3) is 0 Å². The van der Waals surface area contributed by atoms with Gasteiger partial charge in [-0.05, 0) is 39.0 Å². The SMILES string of the molecule is CCC[C@@H]1C[C@@H](C(=O)N[C@@]2([C@@H](C)OC(C)=O)O[C@@H](SC)[C@@H](OC(C)=O)[C@@H](OC(C)=O)[C@H]2OC(C)=O)N(C)C1. The lowest BCUT2D eigenvalue weighted by atomic mass is 9.88. The smallest absolute Gasteiger partial charge is 0.303 e. The number of nitrogens with zero attached hydrogens (tertiary/aromatic N) is 1. The molecule has 38 heavy (non-hydrogen) atoms. The number of carbonyl (C=O) groups excluding carboxylic acids is 5. The molecule has 0 aromatic heterocycles. The van der Waals surface area contributed by atoms with Gasteiger partial charge in [0.15, 0.2) is 24.4 Å². The van der Waals surface area contributed by atoms with Gasteiger partial charge in [0.1, 0.15) is 5.44 Å². The maximum atomic E-state index is 13.8. The molecule has 1 amide bonds. The van der Waals surface area contributed by atoms with Gasteiger partial charge in [0.05, 0.1) is 6.04 Å². The van der Waals surface area contributed by atoms with E-state index >= 15 is 0 Å². The molecule has 0 spiro atoms. The highest BCUT2D eigenvalue weighted by Crippen LogP contribution is 2.41. The summed E-state index contributed by atoms with van der Waals surface area (Å²) in [6, 6.07) is -0.527. The van der Waals surface area contributed by atoms with Crippen molar-refractivity contribution in [2.45, 2.75) is 102 Å². The van der Waals surface area contributed by atoms with E-state index in [2.05, 4.69) is 12.2 Å². The normalized spacial score (nSPS) is 32.1. The van der Waals surface area contributed by atoms with Crippen molar-refractivity contribution in [2.24, 2.45) is 5.92 Å². The summed E-state index contributed by atoms with van der Waals surface area (Å²) in [7, 11) is 1.84. The third-order valence-electron chi connectivity index (χ3n) is 6.65. The van der Waals surface area contributed by atoms with E-state index in [9.17, 15) is 24.0 Å². The van der Waals surface area contributed by atoms with Crippen LogP contribution in [0.1, 0.15) is 60.8 Å². The number of hydrogen-bond acceptors (Lipinski definition) is 12. The predicted molar refractivity (Wildman–Crippen MR) is 137 cm³/mol. The van der Waals surface area contributed by atoms with Crippen LogP contribution in [-0.2, 0) is 47.7 Å². The Hall–Kier alpha value is -2.38.